The van der Waals surface area contributed by atoms with Gasteiger partial charge < -0.3 is 4.42 Å². The lowest BCUT2D eigenvalue weighted by molar-refractivity contribution is 0.669. The summed E-state index contributed by atoms with van der Waals surface area (Å²) in [6.45, 7) is 0. The van der Waals surface area contributed by atoms with E-state index in [9.17, 15) is 0 Å². The van der Waals surface area contributed by atoms with Crippen LogP contribution in [0.1, 0.15) is 0 Å². The zero-order valence-corrected chi connectivity index (χ0v) is 25.5. The van der Waals surface area contributed by atoms with Crippen molar-refractivity contribution in [3.63, 3.8) is 0 Å². The van der Waals surface area contributed by atoms with E-state index < -0.39 is 0 Å². The first-order chi connectivity index (χ1) is 23.3. The maximum atomic E-state index is 6.29. The third-order valence-electron chi connectivity index (χ3n) is 8.89. The number of hydrogen-bond acceptors (Lipinski definition) is 3. The zero-order valence-electron chi connectivity index (χ0n) is 25.5. The van der Waals surface area contributed by atoms with Gasteiger partial charge in [-0.25, -0.2) is 9.97 Å². The van der Waals surface area contributed by atoms with Crippen molar-refractivity contribution in [3.05, 3.63) is 170 Å². The van der Waals surface area contributed by atoms with E-state index in [1.807, 2.05) is 48.5 Å². The third-order valence-corrected chi connectivity index (χ3v) is 8.89. The van der Waals surface area contributed by atoms with Crippen molar-refractivity contribution >= 4 is 32.8 Å². The Morgan fingerprint density at radius 1 is 0.340 bits per heavy atom. The summed E-state index contributed by atoms with van der Waals surface area (Å²) in [5.74, 6) is 0.701. The SMILES string of the molecule is c1ccc(-c2ccc(-c3cccc(-c4cccc(-c5nc(-c6ccccc6)nc6ccc7oc8ccccc8c7c56)c4)c3)cc2)cc1. The van der Waals surface area contributed by atoms with Gasteiger partial charge in [0.05, 0.1) is 11.2 Å². The van der Waals surface area contributed by atoms with E-state index >= 15 is 0 Å². The maximum absolute atomic E-state index is 6.29. The monoisotopic (exact) mass is 600 g/mol. The van der Waals surface area contributed by atoms with E-state index in [1.54, 1.807) is 0 Å². The molecule has 0 atom stereocenters. The Kier molecular flexibility index (Phi) is 6.46. The summed E-state index contributed by atoms with van der Waals surface area (Å²) < 4.78 is 6.29. The fourth-order valence-electron chi connectivity index (χ4n) is 6.57. The molecule has 0 bridgehead atoms. The molecule has 3 heteroatoms. The van der Waals surface area contributed by atoms with Gasteiger partial charge in [0.2, 0.25) is 0 Å². The fraction of sp³-hybridized carbons (Fsp3) is 0. The van der Waals surface area contributed by atoms with Crippen molar-refractivity contribution in [3.8, 4) is 56.0 Å². The Balaban J connectivity index is 1.19. The van der Waals surface area contributed by atoms with E-state index in [1.165, 1.54) is 22.3 Å². The molecule has 9 rings (SSSR count). The lowest BCUT2D eigenvalue weighted by Gasteiger charge is -2.12. The normalized spacial score (nSPS) is 11.4. The number of fused-ring (bicyclic) bond motifs is 5. The summed E-state index contributed by atoms with van der Waals surface area (Å²) >= 11 is 0. The molecule has 7 aromatic carbocycles. The van der Waals surface area contributed by atoms with E-state index in [0.717, 1.165) is 60.8 Å². The average molecular weight is 601 g/mol. The standard InChI is InChI=1S/C44H28N2O/c1-3-11-29(12-4-1)30-21-23-31(24-22-30)33-15-9-16-34(27-33)35-17-10-18-36(28-35)43-42-38(45-44(46-43)32-13-5-2-6-14-32)25-26-40-41(42)37-19-7-8-20-39(37)47-40/h1-28H. The molecule has 47 heavy (non-hydrogen) atoms. The molecule has 0 amide bonds. The molecule has 0 radical (unpaired) electrons. The second-order valence-electron chi connectivity index (χ2n) is 11.8. The molecule has 0 fully saturated rings. The molecule has 2 heterocycles. The highest BCUT2D eigenvalue weighted by Crippen LogP contribution is 2.40. The minimum Gasteiger partial charge on any atom is -0.456 e. The second kappa shape index (κ2) is 11.2. The lowest BCUT2D eigenvalue weighted by Crippen LogP contribution is -1.96. The van der Waals surface area contributed by atoms with E-state index in [4.69, 9.17) is 14.4 Å². The van der Waals surface area contributed by atoms with Gasteiger partial charge in [0, 0.05) is 27.3 Å². The summed E-state index contributed by atoms with van der Waals surface area (Å²) in [6, 6.07) is 59.2. The lowest BCUT2D eigenvalue weighted by atomic mass is 9.95. The Labute approximate surface area is 272 Å². The number of furan rings is 1. The summed E-state index contributed by atoms with van der Waals surface area (Å²) in [4.78, 5) is 10.3. The van der Waals surface area contributed by atoms with E-state index in [2.05, 4.69) is 121 Å². The van der Waals surface area contributed by atoms with Gasteiger partial charge in [0.25, 0.3) is 0 Å². The molecule has 0 aliphatic carbocycles. The minimum absolute atomic E-state index is 0.701. The van der Waals surface area contributed by atoms with Crippen LogP contribution in [-0.2, 0) is 0 Å². The molecule has 220 valence electrons. The van der Waals surface area contributed by atoms with Crippen LogP contribution in [0.3, 0.4) is 0 Å². The van der Waals surface area contributed by atoms with Crippen LogP contribution in [0, 0.1) is 0 Å². The van der Waals surface area contributed by atoms with Crippen molar-refractivity contribution in [2.45, 2.75) is 0 Å². The van der Waals surface area contributed by atoms with Crippen molar-refractivity contribution < 1.29 is 4.42 Å². The van der Waals surface area contributed by atoms with Crippen molar-refractivity contribution in [2.24, 2.45) is 0 Å². The van der Waals surface area contributed by atoms with Gasteiger partial charge in [-0.05, 0) is 63.7 Å². The fourth-order valence-corrected chi connectivity index (χ4v) is 6.57. The Morgan fingerprint density at radius 2 is 0.872 bits per heavy atom. The minimum atomic E-state index is 0.701. The Bertz CT molecular complexity index is 2550. The first-order valence-corrected chi connectivity index (χ1v) is 15.8. The van der Waals surface area contributed by atoms with Crippen LogP contribution in [-0.4, -0.2) is 9.97 Å². The molecule has 0 spiro atoms. The molecule has 9 aromatic rings. The van der Waals surface area contributed by atoms with Gasteiger partial charge in [-0.1, -0.05) is 140 Å². The highest BCUT2D eigenvalue weighted by Gasteiger charge is 2.18. The van der Waals surface area contributed by atoms with Gasteiger partial charge in [-0.2, -0.15) is 0 Å². The molecular formula is C44H28N2O. The molecule has 0 aliphatic heterocycles. The Morgan fingerprint density at radius 3 is 1.60 bits per heavy atom. The predicted molar refractivity (Wildman–Crippen MR) is 194 cm³/mol. The van der Waals surface area contributed by atoms with Crippen LogP contribution < -0.4 is 0 Å². The Hall–Kier alpha value is -6.32. The largest absolute Gasteiger partial charge is 0.456 e. The van der Waals surface area contributed by atoms with Gasteiger partial charge in [0.15, 0.2) is 5.82 Å². The number of rotatable bonds is 5. The van der Waals surface area contributed by atoms with Crippen molar-refractivity contribution in [1.29, 1.82) is 0 Å². The summed E-state index contributed by atoms with van der Waals surface area (Å²) in [6.07, 6.45) is 0. The van der Waals surface area contributed by atoms with Crippen LogP contribution in [0.25, 0.3) is 88.9 Å². The van der Waals surface area contributed by atoms with Crippen LogP contribution >= 0.6 is 0 Å². The topological polar surface area (TPSA) is 38.9 Å². The number of aromatic nitrogens is 2. The first-order valence-electron chi connectivity index (χ1n) is 15.8. The molecular weight excluding hydrogens is 572 g/mol. The molecule has 0 saturated carbocycles. The molecule has 2 aromatic heterocycles. The van der Waals surface area contributed by atoms with Gasteiger partial charge in [-0.3, -0.25) is 0 Å². The highest BCUT2D eigenvalue weighted by atomic mass is 16.3. The number of nitrogens with zero attached hydrogens (tertiary/aromatic N) is 2. The maximum Gasteiger partial charge on any atom is 0.160 e. The van der Waals surface area contributed by atoms with Crippen molar-refractivity contribution in [2.75, 3.05) is 0 Å². The summed E-state index contributed by atoms with van der Waals surface area (Å²) in [5, 5.41) is 3.10. The number of benzene rings is 7. The van der Waals surface area contributed by atoms with Crippen LogP contribution in [0.5, 0.6) is 0 Å². The summed E-state index contributed by atoms with van der Waals surface area (Å²) in [5.41, 5.74) is 12.6. The van der Waals surface area contributed by atoms with Gasteiger partial charge in [0.1, 0.15) is 11.2 Å². The number of para-hydroxylation sites is 1. The van der Waals surface area contributed by atoms with E-state index in [-0.39, 0.29) is 0 Å². The van der Waals surface area contributed by atoms with Gasteiger partial charge in [-0.15, -0.1) is 0 Å². The molecule has 3 nitrogen and oxygen atoms in total. The van der Waals surface area contributed by atoms with Gasteiger partial charge >= 0.3 is 0 Å². The molecule has 0 saturated heterocycles. The molecule has 0 N–H and O–H groups in total. The average Bonchev–Trinajstić information content (AvgIpc) is 3.54. The second-order valence-corrected chi connectivity index (χ2v) is 11.8. The molecule has 0 aliphatic rings. The van der Waals surface area contributed by atoms with Crippen LogP contribution in [0.2, 0.25) is 0 Å². The summed E-state index contributed by atoms with van der Waals surface area (Å²) in [7, 11) is 0. The first kappa shape index (κ1) is 27.0. The highest BCUT2D eigenvalue weighted by molar-refractivity contribution is 6.21. The zero-order chi connectivity index (χ0) is 31.2. The van der Waals surface area contributed by atoms with E-state index in [0.29, 0.717) is 5.82 Å². The third kappa shape index (κ3) is 4.86. The van der Waals surface area contributed by atoms with Crippen molar-refractivity contribution in [1.82, 2.24) is 9.97 Å². The quantitative estimate of drug-likeness (QED) is 0.197. The smallest absolute Gasteiger partial charge is 0.160 e. The molecule has 0 unspecified atom stereocenters. The predicted octanol–water partition coefficient (Wildman–Crippen LogP) is 11.9. The van der Waals surface area contributed by atoms with Crippen LogP contribution in [0.15, 0.2) is 174 Å². The number of hydrogen-bond donors (Lipinski definition) is 0. The van der Waals surface area contributed by atoms with Crippen LogP contribution in [0.4, 0.5) is 0 Å².